The van der Waals surface area contributed by atoms with Crippen LogP contribution in [0, 0.1) is 23.0 Å². The molecule has 0 unspecified atom stereocenters. The van der Waals surface area contributed by atoms with Gasteiger partial charge in [0.25, 0.3) is 0 Å². The van der Waals surface area contributed by atoms with Crippen molar-refractivity contribution in [3.05, 3.63) is 65.2 Å². The third-order valence-corrected chi connectivity index (χ3v) is 3.95. The van der Waals surface area contributed by atoms with E-state index in [0.717, 1.165) is 5.56 Å². The zero-order valence-electron chi connectivity index (χ0n) is 11.7. The molecule has 5 heteroatoms. The van der Waals surface area contributed by atoms with Crippen LogP contribution in [0.1, 0.15) is 23.6 Å². The fourth-order valence-corrected chi connectivity index (χ4v) is 2.94. The van der Waals surface area contributed by atoms with Crippen molar-refractivity contribution in [2.45, 2.75) is 18.6 Å². The number of hydrogen-bond acceptors (Lipinski definition) is 3. The molecule has 1 N–H and O–H groups in total. The standard InChI is InChI=1S/C17H14F2N2O/c18-12-6-4-11(5-7-12)17-8-13(22)10-21(17)16-3-1-2-15(19)14(16)9-20/h1-7,13,17,22H,8,10H2/t13-,17+/m0/s1. The number of benzene rings is 2. The summed E-state index contributed by atoms with van der Waals surface area (Å²) in [4.78, 5) is 1.81. The maximum Gasteiger partial charge on any atom is 0.143 e. The Hall–Kier alpha value is -2.45. The fraction of sp³-hybridized carbons (Fsp3) is 0.235. The lowest BCUT2D eigenvalue weighted by molar-refractivity contribution is 0.194. The molecule has 0 amide bonds. The van der Waals surface area contributed by atoms with Gasteiger partial charge in [-0.05, 0) is 36.2 Å². The lowest BCUT2D eigenvalue weighted by Crippen LogP contribution is -2.25. The van der Waals surface area contributed by atoms with Crippen molar-refractivity contribution in [3.63, 3.8) is 0 Å². The second-order valence-electron chi connectivity index (χ2n) is 5.36. The number of nitrogens with zero attached hydrogens (tertiary/aromatic N) is 2. The predicted octanol–water partition coefficient (Wildman–Crippen LogP) is 3.15. The van der Waals surface area contributed by atoms with Gasteiger partial charge in [-0.2, -0.15) is 5.26 Å². The molecule has 0 spiro atoms. The van der Waals surface area contributed by atoms with Gasteiger partial charge < -0.3 is 10.0 Å². The van der Waals surface area contributed by atoms with Crippen LogP contribution in [0.3, 0.4) is 0 Å². The van der Waals surface area contributed by atoms with E-state index in [-0.39, 0.29) is 17.4 Å². The topological polar surface area (TPSA) is 47.3 Å². The van der Waals surface area contributed by atoms with Crippen molar-refractivity contribution in [1.29, 1.82) is 5.26 Å². The summed E-state index contributed by atoms with van der Waals surface area (Å²) in [7, 11) is 0. The summed E-state index contributed by atoms with van der Waals surface area (Å²) in [6.45, 7) is 0.306. The Morgan fingerprint density at radius 3 is 2.55 bits per heavy atom. The number of nitriles is 1. The van der Waals surface area contributed by atoms with Crippen LogP contribution in [-0.2, 0) is 0 Å². The molecule has 3 nitrogen and oxygen atoms in total. The van der Waals surface area contributed by atoms with Gasteiger partial charge in [0.05, 0.1) is 17.8 Å². The normalized spacial score (nSPS) is 20.9. The summed E-state index contributed by atoms with van der Waals surface area (Å²) in [6, 6.07) is 12.1. The Labute approximate surface area is 127 Å². The van der Waals surface area contributed by atoms with Gasteiger partial charge in [0, 0.05) is 6.54 Å². The number of aliphatic hydroxyl groups excluding tert-OH is 1. The molecule has 3 rings (SSSR count). The quantitative estimate of drug-likeness (QED) is 0.927. The summed E-state index contributed by atoms with van der Waals surface area (Å²) in [6.07, 6.45) is -0.127. The molecule has 112 valence electrons. The number of anilines is 1. The van der Waals surface area contributed by atoms with Gasteiger partial charge in [0.15, 0.2) is 0 Å². The van der Waals surface area contributed by atoms with Crippen molar-refractivity contribution in [3.8, 4) is 6.07 Å². The highest BCUT2D eigenvalue weighted by Gasteiger charge is 2.33. The van der Waals surface area contributed by atoms with E-state index < -0.39 is 11.9 Å². The van der Waals surface area contributed by atoms with Crippen LogP contribution in [-0.4, -0.2) is 17.8 Å². The Bertz CT molecular complexity index is 724. The van der Waals surface area contributed by atoms with Crippen LogP contribution in [0.2, 0.25) is 0 Å². The van der Waals surface area contributed by atoms with Crippen LogP contribution >= 0.6 is 0 Å². The molecular weight excluding hydrogens is 286 g/mol. The smallest absolute Gasteiger partial charge is 0.143 e. The molecule has 1 saturated heterocycles. The minimum atomic E-state index is -0.584. The molecule has 1 aliphatic heterocycles. The molecule has 0 radical (unpaired) electrons. The average molecular weight is 300 g/mol. The molecule has 0 aliphatic carbocycles. The number of hydrogen-bond donors (Lipinski definition) is 1. The summed E-state index contributed by atoms with van der Waals surface area (Å²) in [5, 5.41) is 19.2. The van der Waals surface area contributed by atoms with E-state index in [1.54, 1.807) is 23.1 Å². The molecule has 1 fully saturated rings. The van der Waals surface area contributed by atoms with Gasteiger partial charge in [0.2, 0.25) is 0 Å². The van der Waals surface area contributed by atoms with Crippen molar-refractivity contribution in [2.24, 2.45) is 0 Å². The van der Waals surface area contributed by atoms with Gasteiger partial charge in [-0.15, -0.1) is 0 Å². The number of aliphatic hydroxyl groups is 1. The van der Waals surface area contributed by atoms with Crippen molar-refractivity contribution >= 4 is 5.69 Å². The Kier molecular flexibility index (Phi) is 3.78. The van der Waals surface area contributed by atoms with E-state index in [1.165, 1.54) is 24.3 Å². The van der Waals surface area contributed by atoms with Gasteiger partial charge in [-0.25, -0.2) is 8.78 Å². The maximum absolute atomic E-state index is 13.8. The maximum atomic E-state index is 13.8. The van der Waals surface area contributed by atoms with Crippen molar-refractivity contribution in [1.82, 2.24) is 0 Å². The van der Waals surface area contributed by atoms with Crippen molar-refractivity contribution in [2.75, 3.05) is 11.4 Å². The first kappa shape index (κ1) is 14.5. The summed E-state index contributed by atoms with van der Waals surface area (Å²) >= 11 is 0. The van der Waals surface area contributed by atoms with E-state index in [1.807, 2.05) is 6.07 Å². The molecule has 2 atom stereocenters. The van der Waals surface area contributed by atoms with Gasteiger partial charge >= 0.3 is 0 Å². The largest absolute Gasteiger partial charge is 0.391 e. The van der Waals surface area contributed by atoms with E-state index in [9.17, 15) is 19.1 Å². The zero-order chi connectivity index (χ0) is 15.7. The fourth-order valence-electron chi connectivity index (χ4n) is 2.94. The average Bonchev–Trinajstić information content (AvgIpc) is 2.89. The molecule has 22 heavy (non-hydrogen) atoms. The summed E-state index contributed by atoms with van der Waals surface area (Å²) < 4.78 is 26.9. The first-order valence-electron chi connectivity index (χ1n) is 6.99. The van der Waals surface area contributed by atoms with E-state index in [0.29, 0.717) is 18.7 Å². The highest BCUT2D eigenvalue weighted by atomic mass is 19.1. The first-order chi connectivity index (χ1) is 10.6. The Balaban J connectivity index is 2.03. The number of halogens is 2. The van der Waals surface area contributed by atoms with Gasteiger partial charge in [-0.1, -0.05) is 18.2 Å². The molecule has 0 aromatic heterocycles. The minimum Gasteiger partial charge on any atom is -0.391 e. The highest BCUT2D eigenvalue weighted by Crippen LogP contribution is 2.38. The molecule has 0 saturated carbocycles. The first-order valence-corrected chi connectivity index (χ1v) is 6.99. The van der Waals surface area contributed by atoms with E-state index in [4.69, 9.17) is 0 Å². The molecule has 1 heterocycles. The van der Waals surface area contributed by atoms with Crippen molar-refractivity contribution < 1.29 is 13.9 Å². The van der Waals surface area contributed by atoms with E-state index >= 15 is 0 Å². The van der Waals surface area contributed by atoms with Crippen LogP contribution in [0.4, 0.5) is 14.5 Å². The Morgan fingerprint density at radius 1 is 1.14 bits per heavy atom. The third-order valence-electron chi connectivity index (χ3n) is 3.95. The molecule has 0 bridgehead atoms. The lowest BCUT2D eigenvalue weighted by Gasteiger charge is -2.27. The lowest BCUT2D eigenvalue weighted by atomic mass is 10.0. The zero-order valence-corrected chi connectivity index (χ0v) is 11.7. The Morgan fingerprint density at radius 2 is 1.86 bits per heavy atom. The second kappa shape index (κ2) is 5.74. The number of β-amino-alcohol motifs (C(OH)–C–C–N with tert-alkyl or cyclic N) is 1. The monoisotopic (exact) mass is 300 g/mol. The number of rotatable bonds is 2. The van der Waals surface area contributed by atoms with Crippen LogP contribution in [0.15, 0.2) is 42.5 Å². The van der Waals surface area contributed by atoms with Crippen LogP contribution < -0.4 is 4.90 Å². The molecule has 2 aromatic rings. The molecule has 1 aliphatic rings. The predicted molar refractivity (Wildman–Crippen MR) is 78.2 cm³/mol. The van der Waals surface area contributed by atoms with Gasteiger partial charge in [-0.3, -0.25) is 0 Å². The van der Waals surface area contributed by atoms with Crippen LogP contribution in [0.5, 0.6) is 0 Å². The SMILES string of the molecule is N#Cc1c(F)cccc1N1C[C@@H](O)C[C@@H]1c1ccc(F)cc1. The molecule has 2 aromatic carbocycles. The van der Waals surface area contributed by atoms with Crippen LogP contribution in [0.25, 0.3) is 0 Å². The summed E-state index contributed by atoms with van der Waals surface area (Å²) in [5.74, 6) is -0.920. The van der Waals surface area contributed by atoms with Gasteiger partial charge in [0.1, 0.15) is 23.3 Å². The summed E-state index contributed by atoms with van der Waals surface area (Å²) in [5.41, 5.74) is 1.24. The third kappa shape index (κ3) is 2.53. The molecular formula is C17H14F2N2O. The minimum absolute atomic E-state index is 0.0382. The second-order valence-corrected chi connectivity index (χ2v) is 5.36. The van der Waals surface area contributed by atoms with E-state index in [2.05, 4.69) is 0 Å². The highest BCUT2D eigenvalue weighted by molar-refractivity contribution is 5.62.